The number of benzene rings is 5. The number of phenolic OH excluding ortho intramolecular Hbond substituents is 1. The number of para-hydroxylation sites is 4. The number of ether oxygens (including phenoxy) is 1. The van der Waals surface area contributed by atoms with E-state index in [0.717, 1.165) is 11.1 Å². The minimum atomic E-state index is -4.57. The molecule has 0 amide bonds. The van der Waals surface area contributed by atoms with Crippen LogP contribution in [0.25, 0.3) is 0 Å². The fourth-order valence-electron chi connectivity index (χ4n) is 5.39. The lowest BCUT2D eigenvalue weighted by Gasteiger charge is -2.28. The van der Waals surface area contributed by atoms with E-state index in [4.69, 9.17) is 22.8 Å². The molecule has 0 unspecified atom stereocenters. The average molecular weight is 780 g/mol. The van der Waals surface area contributed by atoms with Gasteiger partial charge in [-0.3, -0.25) is 0 Å². The van der Waals surface area contributed by atoms with Crippen LogP contribution in [-0.2, 0) is 26.6 Å². The molecule has 0 atom stereocenters. The number of hydrogen-bond donors (Lipinski definition) is 1. The Morgan fingerprint density at radius 1 is 0.509 bits per heavy atom. The number of nitrogens with zero attached hydrogens (tertiary/aromatic N) is 3. The highest BCUT2D eigenvalue weighted by Crippen LogP contribution is 2.50. The maximum atomic E-state index is 15.1. The highest BCUT2D eigenvalue weighted by Gasteiger charge is 2.43. The lowest BCUT2D eigenvalue weighted by molar-refractivity contribution is 0.279. The first kappa shape index (κ1) is 39.1. The van der Waals surface area contributed by atoms with Crippen molar-refractivity contribution in [2.24, 2.45) is 0 Å². The van der Waals surface area contributed by atoms with Crippen molar-refractivity contribution in [3.05, 3.63) is 150 Å². The van der Waals surface area contributed by atoms with Crippen LogP contribution in [-0.4, -0.2) is 20.1 Å². The largest absolute Gasteiger partial charge is 0.507 e. The predicted molar refractivity (Wildman–Crippen MR) is 212 cm³/mol. The Morgan fingerprint density at radius 2 is 0.818 bits per heavy atom. The van der Waals surface area contributed by atoms with Crippen molar-refractivity contribution in [3.8, 4) is 34.8 Å². The average Bonchev–Trinajstić information content (AvgIpc) is 3.15. The van der Waals surface area contributed by atoms with Gasteiger partial charge < -0.3 is 27.9 Å². The Balaban J connectivity index is 1.52. The summed E-state index contributed by atoms with van der Waals surface area (Å²) in [6, 6.07) is 37.0. The molecule has 0 bridgehead atoms. The standard InChI is InChI=1S/C42H43N3O8P2/c1-41(2,3)35-27-30(28-36(37(35)46)42(4,5)6)29-49-38-43-39(54(47,50-31-19-11-7-12-20-31)51-32-21-13-8-14-22-32)45-40(44-38)55(48,52-33-23-15-9-16-24-33)53-34-25-17-10-18-26-34/h7-28,46H,29H2,1-6H3. The summed E-state index contributed by atoms with van der Waals surface area (Å²) < 4.78 is 60.6. The van der Waals surface area contributed by atoms with Gasteiger partial charge in [-0.2, -0.15) is 15.0 Å². The van der Waals surface area contributed by atoms with Gasteiger partial charge in [0, 0.05) is 0 Å². The normalized spacial score (nSPS) is 12.1. The number of aromatic hydroxyl groups is 1. The second-order valence-corrected chi connectivity index (χ2v) is 18.2. The van der Waals surface area contributed by atoms with Crippen molar-refractivity contribution in [3.63, 3.8) is 0 Å². The molecule has 55 heavy (non-hydrogen) atoms. The van der Waals surface area contributed by atoms with Gasteiger partial charge in [-0.1, -0.05) is 114 Å². The summed E-state index contributed by atoms with van der Waals surface area (Å²) in [6.45, 7) is 12.0. The summed E-state index contributed by atoms with van der Waals surface area (Å²) in [5.41, 5.74) is 0.328. The molecule has 284 valence electrons. The predicted octanol–water partition coefficient (Wildman–Crippen LogP) is 9.70. The molecule has 13 heteroatoms. The molecular formula is C42H43N3O8P2. The molecule has 5 aromatic carbocycles. The zero-order valence-corrected chi connectivity index (χ0v) is 33.2. The lowest BCUT2D eigenvalue weighted by atomic mass is 9.78. The third-order valence-corrected chi connectivity index (χ3v) is 11.3. The zero-order chi connectivity index (χ0) is 39.3. The van der Waals surface area contributed by atoms with Gasteiger partial charge in [0.1, 0.15) is 35.4 Å². The van der Waals surface area contributed by atoms with E-state index in [2.05, 4.69) is 15.0 Å². The van der Waals surface area contributed by atoms with E-state index in [1.807, 2.05) is 53.7 Å². The fraction of sp³-hybridized carbons (Fsp3) is 0.214. The van der Waals surface area contributed by atoms with Crippen molar-refractivity contribution in [2.45, 2.75) is 59.0 Å². The quantitative estimate of drug-likeness (QED) is 0.112. The Hall–Kier alpha value is -5.63. The highest BCUT2D eigenvalue weighted by molar-refractivity contribution is 7.63. The van der Waals surface area contributed by atoms with Gasteiger partial charge in [0.05, 0.1) is 0 Å². The van der Waals surface area contributed by atoms with Gasteiger partial charge in [0.25, 0.3) is 11.1 Å². The van der Waals surface area contributed by atoms with Gasteiger partial charge in [0.2, 0.25) is 0 Å². The topological polar surface area (TPSA) is 139 Å². The molecule has 1 heterocycles. The van der Waals surface area contributed by atoms with Gasteiger partial charge in [-0.15, -0.1) is 0 Å². The van der Waals surface area contributed by atoms with Crippen LogP contribution < -0.4 is 34.0 Å². The highest BCUT2D eigenvalue weighted by atomic mass is 31.2. The number of rotatable bonds is 13. The molecule has 0 saturated carbocycles. The Labute approximate surface area is 321 Å². The Kier molecular flexibility index (Phi) is 11.4. The smallest absolute Gasteiger partial charge is 0.500 e. The molecule has 11 nitrogen and oxygen atoms in total. The fourth-order valence-corrected chi connectivity index (χ4v) is 8.32. The van der Waals surface area contributed by atoms with Crippen molar-refractivity contribution >= 4 is 26.3 Å². The zero-order valence-electron chi connectivity index (χ0n) is 31.4. The molecule has 0 fully saturated rings. The van der Waals surface area contributed by atoms with Crippen molar-refractivity contribution < 1.29 is 37.1 Å². The first-order valence-corrected chi connectivity index (χ1v) is 20.7. The van der Waals surface area contributed by atoms with E-state index in [0.29, 0.717) is 5.56 Å². The molecule has 6 aromatic rings. The first-order valence-electron chi connectivity index (χ1n) is 17.6. The third-order valence-electron chi connectivity index (χ3n) is 8.11. The molecule has 0 spiro atoms. The van der Waals surface area contributed by atoms with Crippen LogP contribution in [0, 0.1) is 0 Å². The molecule has 1 N–H and O–H groups in total. The van der Waals surface area contributed by atoms with Crippen molar-refractivity contribution in [1.29, 1.82) is 0 Å². The molecule has 0 aliphatic rings. The maximum absolute atomic E-state index is 15.1. The minimum Gasteiger partial charge on any atom is -0.507 e. The van der Waals surface area contributed by atoms with Crippen molar-refractivity contribution in [2.75, 3.05) is 0 Å². The van der Waals surface area contributed by atoms with Crippen LogP contribution in [0.1, 0.15) is 58.2 Å². The van der Waals surface area contributed by atoms with E-state index < -0.39 is 37.2 Å². The van der Waals surface area contributed by atoms with Crippen LogP contribution in [0.3, 0.4) is 0 Å². The van der Waals surface area contributed by atoms with E-state index in [1.54, 1.807) is 121 Å². The van der Waals surface area contributed by atoms with Crippen molar-refractivity contribution in [1.82, 2.24) is 15.0 Å². The summed E-state index contributed by atoms with van der Waals surface area (Å²) in [4.78, 5) is 13.4. The van der Waals surface area contributed by atoms with E-state index in [-0.39, 0.29) is 41.4 Å². The van der Waals surface area contributed by atoms with E-state index >= 15 is 9.13 Å². The molecule has 0 aliphatic carbocycles. The van der Waals surface area contributed by atoms with Crippen LogP contribution >= 0.6 is 15.2 Å². The van der Waals surface area contributed by atoms with Gasteiger partial charge >= 0.3 is 21.2 Å². The van der Waals surface area contributed by atoms with Gasteiger partial charge in [-0.25, -0.2) is 9.13 Å². The number of aromatic nitrogens is 3. The second-order valence-electron chi connectivity index (χ2n) is 14.7. The van der Waals surface area contributed by atoms with Crippen LogP contribution in [0.15, 0.2) is 133 Å². The lowest BCUT2D eigenvalue weighted by Crippen LogP contribution is -2.32. The summed E-state index contributed by atoms with van der Waals surface area (Å²) in [7, 11) is -9.15. The molecule has 0 saturated heterocycles. The van der Waals surface area contributed by atoms with Crippen LogP contribution in [0.4, 0.5) is 0 Å². The molecule has 1 aromatic heterocycles. The molecular weight excluding hydrogens is 736 g/mol. The first-order chi connectivity index (χ1) is 26.1. The monoisotopic (exact) mass is 779 g/mol. The third kappa shape index (κ3) is 9.73. The maximum Gasteiger partial charge on any atom is 0.500 e. The van der Waals surface area contributed by atoms with Crippen LogP contribution in [0.5, 0.6) is 34.8 Å². The Morgan fingerprint density at radius 3 is 1.11 bits per heavy atom. The minimum absolute atomic E-state index is 0.0951. The molecule has 0 aliphatic heterocycles. The summed E-state index contributed by atoms with van der Waals surface area (Å²) >= 11 is 0. The summed E-state index contributed by atoms with van der Waals surface area (Å²) in [5, 5.41) is 11.3. The second kappa shape index (κ2) is 16.0. The van der Waals surface area contributed by atoms with E-state index in [9.17, 15) is 5.11 Å². The Bertz CT molecular complexity index is 2070. The summed E-state index contributed by atoms with van der Waals surface area (Å²) in [6.07, 6.45) is 0. The number of phenols is 1. The molecule has 6 rings (SSSR count). The van der Waals surface area contributed by atoms with E-state index in [1.165, 1.54) is 0 Å². The van der Waals surface area contributed by atoms with Gasteiger partial charge in [-0.05, 0) is 88.2 Å². The SMILES string of the molecule is CC(C)(C)c1cc(COc2nc(P(=O)(Oc3ccccc3)Oc3ccccc3)nc(P(=O)(Oc3ccccc3)Oc3ccccc3)n2)cc(C(C)(C)C)c1O. The number of hydrogen-bond acceptors (Lipinski definition) is 11. The summed E-state index contributed by atoms with van der Waals surface area (Å²) in [5.74, 6) is 1.00. The van der Waals surface area contributed by atoms with Gasteiger partial charge in [0.15, 0.2) is 0 Å². The molecule has 0 radical (unpaired) electrons. The van der Waals surface area contributed by atoms with Crippen LogP contribution in [0.2, 0.25) is 0 Å².